The number of fused-ring (bicyclic) bond motifs is 3. The molecule has 0 unspecified atom stereocenters. The normalized spacial score (nSPS) is 18.4. The fourth-order valence-corrected chi connectivity index (χ4v) is 1.99. The Morgan fingerprint density at radius 2 is 2.36 bits per heavy atom. The van der Waals surface area contributed by atoms with E-state index in [1.165, 1.54) is 6.07 Å². The summed E-state index contributed by atoms with van der Waals surface area (Å²) in [6.45, 7) is 2.27. The summed E-state index contributed by atoms with van der Waals surface area (Å²) >= 11 is 0. The van der Waals surface area contributed by atoms with Gasteiger partial charge < -0.3 is 10.2 Å². The van der Waals surface area contributed by atoms with Gasteiger partial charge >= 0.3 is 0 Å². The van der Waals surface area contributed by atoms with Crippen LogP contribution in [0.15, 0.2) is 23.2 Å². The Hall–Kier alpha value is -1.58. The number of hydrogen-bond donors (Lipinski definition) is 1. The van der Waals surface area contributed by atoms with Crippen molar-refractivity contribution in [3.63, 3.8) is 0 Å². The van der Waals surface area contributed by atoms with Crippen molar-refractivity contribution < 1.29 is 4.39 Å². The summed E-state index contributed by atoms with van der Waals surface area (Å²) in [4.78, 5) is 6.27. The van der Waals surface area contributed by atoms with Gasteiger partial charge in [0.15, 0.2) is 0 Å². The van der Waals surface area contributed by atoms with Crippen molar-refractivity contribution in [3.8, 4) is 0 Å². The number of para-hydroxylation sites is 1. The summed E-state index contributed by atoms with van der Waals surface area (Å²) in [5.74, 6) is 0.770. The predicted molar refractivity (Wildman–Crippen MR) is 54.5 cm³/mol. The van der Waals surface area contributed by atoms with E-state index in [0.29, 0.717) is 12.2 Å². The van der Waals surface area contributed by atoms with E-state index in [1.807, 2.05) is 11.0 Å². The zero-order chi connectivity index (χ0) is 9.54. The number of rotatable bonds is 0. The van der Waals surface area contributed by atoms with E-state index in [9.17, 15) is 4.39 Å². The number of nitrogens with zero attached hydrogens (tertiary/aromatic N) is 2. The van der Waals surface area contributed by atoms with E-state index in [2.05, 4.69) is 10.3 Å². The predicted octanol–water partition coefficient (Wildman–Crippen LogP) is 1.47. The van der Waals surface area contributed by atoms with Crippen LogP contribution in [-0.4, -0.2) is 25.5 Å². The van der Waals surface area contributed by atoms with Crippen molar-refractivity contribution >= 4 is 17.2 Å². The highest BCUT2D eigenvalue weighted by Gasteiger charge is 2.27. The molecule has 72 valence electrons. The lowest BCUT2D eigenvalue weighted by molar-refractivity contribution is 0.627. The Morgan fingerprint density at radius 3 is 3.29 bits per heavy atom. The van der Waals surface area contributed by atoms with Gasteiger partial charge in [-0.15, -0.1) is 0 Å². The van der Waals surface area contributed by atoms with Crippen molar-refractivity contribution in [1.82, 2.24) is 0 Å². The minimum atomic E-state index is -0.177. The van der Waals surface area contributed by atoms with Gasteiger partial charge in [-0.25, -0.2) is 4.39 Å². The van der Waals surface area contributed by atoms with Crippen molar-refractivity contribution in [1.29, 1.82) is 0 Å². The molecule has 2 heterocycles. The molecule has 3 rings (SSSR count). The molecule has 0 saturated carbocycles. The van der Waals surface area contributed by atoms with Crippen molar-refractivity contribution in [3.05, 3.63) is 24.0 Å². The van der Waals surface area contributed by atoms with Crippen molar-refractivity contribution in [2.24, 2.45) is 4.99 Å². The summed E-state index contributed by atoms with van der Waals surface area (Å²) in [7, 11) is 0. The molecule has 3 nitrogen and oxygen atoms in total. The Bertz CT molecular complexity index is 414. The monoisotopic (exact) mass is 191 g/mol. The second-order valence-electron chi connectivity index (χ2n) is 3.44. The topological polar surface area (TPSA) is 27.6 Å². The standard InChI is InChI=1S/C10H10FN3/c11-7-2-1-3-8-10(7)14-5-4-12-9(14)6-13-8/h1-3,13H,4-6H2. The molecule has 0 aromatic heterocycles. The summed E-state index contributed by atoms with van der Waals surface area (Å²) < 4.78 is 13.6. The van der Waals surface area contributed by atoms with Crippen LogP contribution in [-0.2, 0) is 0 Å². The van der Waals surface area contributed by atoms with Gasteiger partial charge in [0.1, 0.15) is 17.3 Å². The molecule has 0 saturated heterocycles. The van der Waals surface area contributed by atoms with E-state index in [4.69, 9.17) is 0 Å². The van der Waals surface area contributed by atoms with Crippen LogP contribution in [0.5, 0.6) is 0 Å². The Labute approximate surface area is 81.3 Å². The average Bonchev–Trinajstić information content (AvgIpc) is 2.65. The van der Waals surface area contributed by atoms with Gasteiger partial charge in [-0.1, -0.05) is 6.07 Å². The van der Waals surface area contributed by atoms with Crippen LogP contribution in [0.2, 0.25) is 0 Å². The first-order chi connectivity index (χ1) is 6.86. The van der Waals surface area contributed by atoms with Crippen LogP contribution < -0.4 is 10.2 Å². The number of hydrogen-bond acceptors (Lipinski definition) is 3. The lowest BCUT2D eigenvalue weighted by atomic mass is 10.2. The molecule has 2 aliphatic rings. The highest BCUT2D eigenvalue weighted by atomic mass is 19.1. The maximum atomic E-state index is 13.6. The number of aliphatic imine (C=N–C) groups is 1. The first-order valence-corrected chi connectivity index (χ1v) is 4.69. The molecule has 0 amide bonds. The summed E-state index contributed by atoms with van der Waals surface area (Å²) in [6.07, 6.45) is 0. The number of benzene rings is 1. The number of nitrogens with one attached hydrogen (secondary N) is 1. The Balaban J connectivity index is 2.17. The van der Waals surface area contributed by atoms with Crippen LogP contribution in [0.3, 0.4) is 0 Å². The van der Waals surface area contributed by atoms with Gasteiger partial charge in [0, 0.05) is 6.54 Å². The summed E-state index contributed by atoms with van der Waals surface area (Å²) in [5, 5.41) is 3.16. The van der Waals surface area contributed by atoms with E-state index in [0.717, 1.165) is 24.6 Å². The van der Waals surface area contributed by atoms with Gasteiger partial charge in [0.2, 0.25) is 0 Å². The van der Waals surface area contributed by atoms with Gasteiger partial charge in [0.25, 0.3) is 0 Å². The molecule has 0 radical (unpaired) electrons. The molecule has 14 heavy (non-hydrogen) atoms. The fourth-order valence-electron chi connectivity index (χ4n) is 1.99. The summed E-state index contributed by atoms with van der Waals surface area (Å²) in [5.41, 5.74) is 1.51. The maximum absolute atomic E-state index is 13.6. The van der Waals surface area contributed by atoms with Crippen LogP contribution in [0.1, 0.15) is 0 Å². The van der Waals surface area contributed by atoms with Crippen LogP contribution >= 0.6 is 0 Å². The Kier molecular flexibility index (Phi) is 1.50. The van der Waals surface area contributed by atoms with E-state index in [1.54, 1.807) is 6.07 Å². The smallest absolute Gasteiger partial charge is 0.149 e. The third-order valence-electron chi connectivity index (χ3n) is 2.62. The third kappa shape index (κ3) is 0.937. The molecule has 1 aromatic rings. The van der Waals surface area contributed by atoms with Crippen molar-refractivity contribution in [2.45, 2.75) is 0 Å². The van der Waals surface area contributed by atoms with Crippen LogP contribution in [0.25, 0.3) is 0 Å². The van der Waals surface area contributed by atoms with Gasteiger partial charge in [0.05, 0.1) is 18.8 Å². The molecule has 0 bridgehead atoms. The van der Waals surface area contributed by atoms with Gasteiger partial charge in [-0.3, -0.25) is 4.99 Å². The molecular formula is C10H10FN3. The molecular weight excluding hydrogens is 181 g/mol. The number of amidine groups is 1. The van der Waals surface area contributed by atoms with Gasteiger partial charge in [-0.2, -0.15) is 0 Å². The van der Waals surface area contributed by atoms with Gasteiger partial charge in [-0.05, 0) is 12.1 Å². The molecule has 1 N–H and O–H groups in total. The average molecular weight is 191 g/mol. The highest BCUT2D eigenvalue weighted by molar-refractivity contribution is 6.07. The maximum Gasteiger partial charge on any atom is 0.149 e. The minimum absolute atomic E-state index is 0.177. The molecule has 4 heteroatoms. The van der Waals surface area contributed by atoms with Crippen LogP contribution in [0.4, 0.5) is 15.8 Å². The molecule has 0 spiro atoms. The second-order valence-corrected chi connectivity index (χ2v) is 3.44. The molecule has 2 aliphatic heterocycles. The van der Waals surface area contributed by atoms with E-state index < -0.39 is 0 Å². The van der Waals surface area contributed by atoms with E-state index in [-0.39, 0.29) is 5.82 Å². The molecule has 0 fully saturated rings. The SMILES string of the molecule is Fc1cccc2c1N1CCN=C1CN2. The highest BCUT2D eigenvalue weighted by Crippen LogP contribution is 2.33. The zero-order valence-electron chi connectivity index (χ0n) is 7.63. The molecule has 0 aliphatic carbocycles. The van der Waals surface area contributed by atoms with Crippen LogP contribution in [0, 0.1) is 5.82 Å². The first-order valence-electron chi connectivity index (χ1n) is 4.69. The lowest BCUT2D eigenvalue weighted by Gasteiger charge is -2.29. The molecule has 1 aromatic carbocycles. The zero-order valence-corrected chi connectivity index (χ0v) is 7.63. The minimum Gasteiger partial charge on any atom is -0.376 e. The second kappa shape index (κ2) is 2.70. The Morgan fingerprint density at radius 1 is 1.43 bits per heavy atom. The fraction of sp³-hybridized carbons (Fsp3) is 0.300. The van der Waals surface area contributed by atoms with Crippen molar-refractivity contribution in [2.75, 3.05) is 29.9 Å². The molecule has 0 atom stereocenters. The third-order valence-corrected chi connectivity index (χ3v) is 2.62. The summed E-state index contributed by atoms with van der Waals surface area (Å²) in [6, 6.07) is 5.11. The number of halogens is 1. The van der Waals surface area contributed by atoms with E-state index >= 15 is 0 Å². The lowest BCUT2D eigenvalue weighted by Crippen LogP contribution is -2.37. The first kappa shape index (κ1) is 7.79. The largest absolute Gasteiger partial charge is 0.376 e. The number of anilines is 2. The quantitative estimate of drug-likeness (QED) is 0.672.